The quantitative estimate of drug-likeness (QED) is 0.0270. The zero-order valence-electron chi connectivity index (χ0n) is 34.7. The summed E-state index contributed by atoms with van der Waals surface area (Å²) in [5.41, 5.74) is 0. The highest BCUT2D eigenvalue weighted by molar-refractivity contribution is 5.70. The number of carbonyl (C=O) groups excluding carboxylic acids is 3. The molecule has 0 N–H and O–H groups in total. The van der Waals surface area contributed by atoms with E-state index in [9.17, 15) is 19.5 Å². The lowest BCUT2D eigenvalue weighted by molar-refractivity contribution is -0.889. The van der Waals surface area contributed by atoms with Crippen LogP contribution in [0.25, 0.3) is 0 Å². The first-order valence-electron chi connectivity index (χ1n) is 21.2. The minimum absolute atomic E-state index is 0.0302. The number of carboxylic acids is 1. The number of carbonyl (C=O) groups is 3. The number of allylic oxidation sites excluding steroid dienone is 8. The number of unbranched alkanes of at least 4 members (excludes halogenated alkanes) is 15. The van der Waals surface area contributed by atoms with E-state index in [1.807, 2.05) is 0 Å². The molecule has 2 atom stereocenters. The van der Waals surface area contributed by atoms with Gasteiger partial charge in [0, 0.05) is 19.3 Å². The van der Waals surface area contributed by atoms with Crippen molar-refractivity contribution in [2.75, 3.05) is 41.0 Å². The average Bonchev–Trinajstić information content (AvgIpc) is 3.11. The van der Waals surface area contributed by atoms with Crippen LogP contribution >= 0.6 is 0 Å². The molecule has 0 radical (unpaired) electrons. The van der Waals surface area contributed by atoms with Crippen LogP contribution in [0.15, 0.2) is 48.6 Å². The molecule has 0 amide bonds. The highest BCUT2D eigenvalue weighted by atomic mass is 16.6. The SMILES string of the molecule is CC/C=C\C/C=C\C/C=C\CCCCCCCC(=O)OC(COCCC(C(=O)[O-])[N+](C)(C)C)COC(=O)CCCCCCC/C=C\CCCCCCC. The molecule has 0 heterocycles. The first-order chi connectivity index (χ1) is 25.6. The molecule has 0 aliphatic carbocycles. The third-order valence-electron chi connectivity index (χ3n) is 9.20. The van der Waals surface area contributed by atoms with E-state index in [0.29, 0.717) is 12.8 Å². The Morgan fingerprint density at radius 3 is 1.58 bits per heavy atom. The van der Waals surface area contributed by atoms with Gasteiger partial charge in [0.1, 0.15) is 12.6 Å². The highest BCUT2D eigenvalue weighted by Gasteiger charge is 2.25. The molecule has 53 heavy (non-hydrogen) atoms. The maximum absolute atomic E-state index is 12.7. The largest absolute Gasteiger partial charge is 0.544 e. The predicted molar refractivity (Wildman–Crippen MR) is 217 cm³/mol. The summed E-state index contributed by atoms with van der Waals surface area (Å²) < 4.78 is 17.1. The molecule has 0 saturated heterocycles. The summed E-state index contributed by atoms with van der Waals surface area (Å²) in [5.74, 6) is -1.77. The van der Waals surface area contributed by atoms with Crippen LogP contribution < -0.4 is 5.11 Å². The molecule has 306 valence electrons. The molecule has 0 fully saturated rings. The van der Waals surface area contributed by atoms with Crippen LogP contribution in [0, 0.1) is 0 Å². The van der Waals surface area contributed by atoms with Crippen molar-refractivity contribution < 1.29 is 38.2 Å². The Morgan fingerprint density at radius 1 is 0.585 bits per heavy atom. The van der Waals surface area contributed by atoms with Gasteiger partial charge in [-0.15, -0.1) is 0 Å². The number of hydrogen-bond acceptors (Lipinski definition) is 7. The minimum Gasteiger partial charge on any atom is -0.544 e. The van der Waals surface area contributed by atoms with E-state index in [1.165, 1.54) is 44.9 Å². The summed E-state index contributed by atoms with van der Waals surface area (Å²) >= 11 is 0. The summed E-state index contributed by atoms with van der Waals surface area (Å²) in [6.07, 6.45) is 41.3. The molecule has 0 saturated carbocycles. The number of quaternary nitrogens is 1. The lowest BCUT2D eigenvalue weighted by Gasteiger charge is -2.34. The van der Waals surface area contributed by atoms with Crippen LogP contribution in [0.2, 0.25) is 0 Å². The fourth-order valence-corrected chi connectivity index (χ4v) is 5.90. The van der Waals surface area contributed by atoms with Crippen LogP contribution in [0.3, 0.4) is 0 Å². The van der Waals surface area contributed by atoms with Gasteiger partial charge in [-0.1, -0.05) is 127 Å². The molecule has 0 aromatic heterocycles. The topological polar surface area (TPSA) is 102 Å². The molecular weight excluding hydrogens is 666 g/mol. The molecule has 0 aromatic rings. The van der Waals surface area contributed by atoms with E-state index >= 15 is 0 Å². The van der Waals surface area contributed by atoms with E-state index in [1.54, 1.807) is 21.1 Å². The third kappa shape index (κ3) is 34.8. The van der Waals surface area contributed by atoms with Crippen molar-refractivity contribution in [3.8, 4) is 0 Å². The number of likely N-dealkylation sites (N-methyl/N-ethyl adjacent to an activating group) is 1. The van der Waals surface area contributed by atoms with Crippen molar-refractivity contribution in [2.45, 2.75) is 180 Å². The molecule has 0 aliphatic heterocycles. The second-order valence-corrected chi connectivity index (χ2v) is 15.2. The Morgan fingerprint density at radius 2 is 1.06 bits per heavy atom. The molecule has 8 heteroatoms. The van der Waals surface area contributed by atoms with Crippen molar-refractivity contribution in [3.05, 3.63) is 48.6 Å². The molecule has 2 unspecified atom stereocenters. The Kier molecular flexibility index (Phi) is 34.4. The van der Waals surface area contributed by atoms with E-state index in [2.05, 4.69) is 62.5 Å². The van der Waals surface area contributed by atoms with Crippen LogP contribution in [-0.4, -0.2) is 75.5 Å². The van der Waals surface area contributed by atoms with Crippen molar-refractivity contribution in [3.63, 3.8) is 0 Å². The van der Waals surface area contributed by atoms with Gasteiger partial charge in [-0.3, -0.25) is 9.59 Å². The number of carboxylic acid groups (broad SMARTS) is 1. The summed E-state index contributed by atoms with van der Waals surface area (Å²) in [6.45, 7) is 4.50. The van der Waals surface area contributed by atoms with E-state index in [-0.39, 0.29) is 42.7 Å². The van der Waals surface area contributed by atoms with Crippen LogP contribution in [-0.2, 0) is 28.6 Å². The van der Waals surface area contributed by atoms with Gasteiger partial charge in [0.05, 0.1) is 40.3 Å². The van der Waals surface area contributed by atoms with Gasteiger partial charge in [0.25, 0.3) is 0 Å². The van der Waals surface area contributed by atoms with Gasteiger partial charge in [-0.25, -0.2) is 0 Å². The normalized spacial score (nSPS) is 13.5. The highest BCUT2D eigenvalue weighted by Crippen LogP contribution is 2.13. The summed E-state index contributed by atoms with van der Waals surface area (Å²) in [4.78, 5) is 36.8. The smallest absolute Gasteiger partial charge is 0.306 e. The molecule has 0 bridgehead atoms. The van der Waals surface area contributed by atoms with E-state index in [4.69, 9.17) is 14.2 Å². The van der Waals surface area contributed by atoms with Gasteiger partial charge in [-0.2, -0.15) is 0 Å². The van der Waals surface area contributed by atoms with Gasteiger partial charge < -0.3 is 28.6 Å². The molecular formula is C45H79NO7. The average molecular weight is 746 g/mol. The second-order valence-electron chi connectivity index (χ2n) is 15.2. The molecule has 8 nitrogen and oxygen atoms in total. The third-order valence-corrected chi connectivity index (χ3v) is 9.20. The maximum atomic E-state index is 12.7. The number of ether oxygens (including phenoxy) is 3. The van der Waals surface area contributed by atoms with E-state index < -0.39 is 18.1 Å². The van der Waals surface area contributed by atoms with Gasteiger partial charge >= 0.3 is 11.9 Å². The van der Waals surface area contributed by atoms with Crippen LogP contribution in [0.5, 0.6) is 0 Å². The lowest BCUT2D eigenvalue weighted by atomic mass is 10.1. The Hall–Kier alpha value is -2.71. The molecule has 0 rings (SSSR count). The van der Waals surface area contributed by atoms with Crippen molar-refractivity contribution in [1.82, 2.24) is 0 Å². The minimum atomic E-state index is -1.13. The van der Waals surface area contributed by atoms with Crippen LogP contribution in [0.4, 0.5) is 0 Å². The van der Waals surface area contributed by atoms with E-state index in [0.717, 1.165) is 89.9 Å². The van der Waals surface area contributed by atoms with Crippen molar-refractivity contribution in [2.24, 2.45) is 0 Å². The van der Waals surface area contributed by atoms with Gasteiger partial charge in [0.15, 0.2) is 6.10 Å². The van der Waals surface area contributed by atoms with Gasteiger partial charge in [0.2, 0.25) is 0 Å². The second kappa shape index (κ2) is 36.3. The van der Waals surface area contributed by atoms with Crippen molar-refractivity contribution in [1.29, 1.82) is 0 Å². The first-order valence-corrected chi connectivity index (χ1v) is 21.2. The summed E-state index contributed by atoms with van der Waals surface area (Å²) in [5, 5.41) is 11.6. The molecule has 0 aromatic carbocycles. The number of nitrogens with zero attached hydrogens (tertiary/aromatic N) is 1. The first kappa shape index (κ1) is 50.3. The Labute approximate surface area is 325 Å². The standard InChI is InChI=1S/C45H79NO7/c1-6-8-10-12-14-16-18-20-22-24-26-28-30-32-34-36-44(48)53-41(39-51-38-37-42(45(49)50)46(3,4)5)40-52-43(47)35-33-31-29-27-25-23-21-19-17-15-13-11-9-7-2/h8,10,14,16,19-22,41-42H,6-7,9,11-13,15,17-18,23-40H2,1-5H3/b10-8-,16-14-,21-19-,22-20-. The zero-order valence-corrected chi connectivity index (χ0v) is 34.7. The summed E-state index contributed by atoms with van der Waals surface area (Å²) in [6, 6.07) is -0.730. The maximum Gasteiger partial charge on any atom is 0.306 e. The number of rotatable bonds is 37. The Bertz CT molecular complexity index is 1010. The fourth-order valence-electron chi connectivity index (χ4n) is 5.90. The van der Waals surface area contributed by atoms with Gasteiger partial charge in [-0.05, 0) is 70.6 Å². The molecule has 0 spiro atoms. The molecule has 0 aliphatic rings. The van der Waals surface area contributed by atoms with Crippen LogP contribution in [0.1, 0.15) is 168 Å². The monoisotopic (exact) mass is 746 g/mol. The number of hydrogen-bond donors (Lipinski definition) is 0. The zero-order chi connectivity index (χ0) is 39.3. The number of esters is 2. The van der Waals surface area contributed by atoms with Crippen molar-refractivity contribution >= 4 is 17.9 Å². The predicted octanol–water partition coefficient (Wildman–Crippen LogP) is 9.91. The number of aliphatic carboxylic acids is 1. The fraction of sp³-hybridized carbons (Fsp3) is 0.756. The summed E-state index contributed by atoms with van der Waals surface area (Å²) in [7, 11) is 5.39. The Balaban J connectivity index is 4.42. The lowest BCUT2D eigenvalue weighted by Crippen LogP contribution is -2.55.